The molecule has 1 heterocycles. The first-order chi connectivity index (χ1) is 11.1. The van der Waals surface area contributed by atoms with Crippen LogP contribution >= 0.6 is 11.6 Å². The van der Waals surface area contributed by atoms with Gasteiger partial charge < -0.3 is 5.32 Å². The fraction of sp³-hybridized carbons (Fsp3) is 0.450. The highest BCUT2D eigenvalue weighted by Gasteiger charge is 2.16. The Balaban J connectivity index is 3.55. The standard InChI is InChI=1S/C20H29ClN2/c1-6-9-16(10-7-2)18(13-15(4)8-3)20(22-5)17-11-12-23-14-19(17)21/h6,9-12,14-15,22H,7-8,13H2,1-5H3/b9-6-,16-10+,20-18+. The molecule has 0 amide bonds. The Morgan fingerprint density at radius 1 is 1.39 bits per heavy atom. The third kappa shape index (κ3) is 5.54. The summed E-state index contributed by atoms with van der Waals surface area (Å²) in [5.41, 5.74) is 4.69. The van der Waals surface area contributed by atoms with Crippen molar-refractivity contribution < 1.29 is 0 Å². The lowest BCUT2D eigenvalue weighted by Gasteiger charge is -2.20. The minimum Gasteiger partial charge on any atom is -0.387 e. The molecule has 0 bridgehead atoms. The smallest absolute Gasteiger partial charge is 0.0682 e. The Kier molecular flexibility index (Phi) is 8.71. The second-order valence-electron chi connectivity index (χ2n) is 5.74. The van der Waals surface area contributed by atoms with Gasteiger partial charge in [0.2, 0.25) is 0 Å². The van der Waals surface area contributed by atoms with Crippen LogP contribution < -0.4 is 5.32 Å². The average molecular weight is 333 g/mol. The van der Waals surface area contributed by atoms with E-state index in [0.29, 0.717) is 10.9 Å². The molecule has 0 saturated heterocycles. The zero-order chi connectivity index (χ0) is 17.2. The average Bonchev–Trinajstić information content (AvgIpc) is 2.55. The van der Waals surface area contributed by atoms with Gasteiger partial charge in [-0.05, 0) is 42.9 Å². The summed E-state index contributed by atoms with van der Waals surface area (Å²) in [4.78, 5) is 4.10. The third-order valence-electron chi connectivity index (χ3n) is 3.96. The zero-order valence-electron chi connectivity index (χ0n) is 15.0. The molecule has 126 valence electrons. The van der Waals surface area contributed by atoms with E-state index in [2.05, 4.69) is 56.2 Å². The molecule has 0 fully saturated rings. The predicted molar refractivity (Wildman–Crippen MR) is 102 cm³/mol. The van der Waals surface area contributed by atoms with E-state index in [0.717, 1.165) is 30.5 Å². The Bertz CT molecular complexity index is 585. The van der Waals surface area contributed by atoms with E-state index in [4.69, 9.17) is 11.6 Å². The van der Waals surface area contributed by atoms with Gasteiger partial charge >= 0.3 is 0 Å². The fourth-order valence-corrected chi connectivity index (χ4v) is 2.79. The molecule has 1 aromatic heterocycles. The van der Waals surface area contributed by atoms with Crippen molar-refractivity contribution in [3.63, 3.8) is 0 Å². The van der Waals surface area contributed by atoms with Gasteiger partial charge in [-0.25, -0.2) is 0 Å². The van der Waals surface area contributed by atoms with Gasteiger partial charge in [-0.3, -0.25) is 4.98 Å². The summed E-state index contributed by atoms with van der Waals surface area (Å²) in [7, 11) is 1.96. The van der Waals surface area contributed by atoms with Gasteiger partial charge in [0.25, 0.3) is 0 Å². The van der Waals surface area contributed by atoms with E-state index in [-0.39, 0.29) is 0 Å². The summed E-state index contributed by atoms with van der Waals surface area (Å²) in [6, 6.07) is 1.98. The summed E-state index contributed by atoms with van der Waals surface area (Å²) in [5, 5.41) is 4.05. The lowest BCUT2D eigenvalue weighted by atomic mass is 9.89. The molecule has 0 aliphatic heterocycles. The summed E-state index contributed by atoms with van der Waals surface area (Å²) >= 11 is 6.40. The first kappa shape index (κ1) is 19.5. The first-order valence-electron chi connectivity index (χ1n) is 8.42. The minimum absolute atomic E-state index is 0.611. The molecule has 1 atom stereocenters. The SMILES string of the molecule is C\C=C/C(=C\CC)C(/CC(C)CC)=C(/NC)c1ccncc1Cl. The second-order valence-corrected chi connectivity index (χ2v) is 6.15. The Morgan fingerprint density at radius 2 is 2.13 bits per heavy atom. The molecule has 0 spiro atoms. The largest absolute Gasteiger partial charge is 0.387 e. The lowest BCUT2D eigenvalue weighted by Crippen LogP contribution is -2.12. The number of aromatic nitrogens is 1. The van der Waals surface area contributed by atoms with Gasteiger partial charge in [0.1, 0.15) is 0 Å². The maximum absolute atomic E-state index is 6.40. The number of hydrogen-bond donors (Lipinski definition) is 1. The maximum atomic E-state index is 6.40. The van der Waals surface area contributed by atoms with Crippen LogP contribution in [0.4, 0.5) is 0 Å². The molecule has 0 saturated carbocycles. The summed E-state index contributed by atoms with van der Waals surface area (Å²) in [6.45, 7) is 8.76. The number of pyridine rings is 1. The van der Waals surface area contributed by atoms with Crippen molar-refractivity contribution in [3.05, 3.63) is 58.4 Å². The van der Waals surface area contributed by atoms with Gasteiger partial charge in [0.15, 0.2) is 0 Å². The molecule has 1 aromatic rings. The highest BCUT2D eigenvalue weighted by atomic mass is 35.5. The molecular formula is C20H29ClN2. The Labute approximate surface area is 146 Å². The van der Waals surface area contributed by atoms with Crippen molar-refractivity contribution >= 4 is 17.3 Å². The van der Waals surface area contributed by atoms with E-state index in [1.807, 2.05) is 13.1 Å². The van der Waals surface area contributed by atoms with E-state index >= 15 is 0 Å². The molecule has 1 rings (SSSR count). The number of nitrogens with one attached hydrogen (secondary N) is 1. The lowest BCUT2D eigenvalue weighted by molar-refractivity contribution is 0.560. The third-order valence-corrected chi connectivity index (χ3v) is 4.26. The van der Waals surface area contributed by atoms with Crippen LogP contribution in [0.1, 0.15) is 52.5 Å². The quantitative estimate of drug-likeness (QED) is 0.589. The molecule has 23 heavy (non-hydrogen) atoms. The highest BCUT2D eigenvalue weighted by molar-refractivity contribution is 6.32. The normalized spacial score (nSPS) is 14.8. The molecule has 0 aromatic carbocycles. The summed E-state index contributed by atoms with van der Waals surface area (Å²) < 4.78 is 0. The van der Waals surface area contributed by atoms with E-state index in [9.17, 15) is 0 Å². The van der Waals surface area contributed by atoms with Crippen LogP contribution in [0.5, 0.6) is 0 Å². The number of allylic oxidation sites excluding steroid dienone is 5. The molecule has 1 unspecified atom stereocenters. The zero-order valence-corrected chi connectivity index (χ0v) is 15.7. The van der Waals surface area contributed by atoms with Gasteiger partial charge in [-0.2, -0.15) is 0 Å². The number of halogens is 1. The van der Waals surface area contributed by atoms with Gasteiger partial charge in [-0.15, -0.1) is 0 Å². The topological polar surface area (TPSA) is 24.9 Å². The van der Waals surface area contributed by atoms with Crippen molar-refractivity contribution in [3.8, 4) is 0 Å². The molecular weight excluding hydrogens is 304 g/mol. The van der Waals surface area contributed by atoms with Crippen molar-refractivity contribution in [1.82, 2.24) is 10.3 Å². The predicted octanol–water partition coefficient (Wildman–Crippen LogP) is 6.01. The van der Waals surface area contributed by atoms with E-state index in [1.54, 1.807) is 12.4 Å². The van der Waals surface area contributed by atoms with Crippen LogP contribution in [0.2, 0.25) is 5.02 Å². The molecule has 1 N–H and O–H groups in total. The molecule has 0 aliphatic carbocycles. The van der Waals surface area contributed by atoms with E-state index < -0.39 is 0 Å². The molecule has 3 heteroatoms. The van der Waals surface area contributed by atoms with Crippen LogP contribution in [0, 0.1) is 5.92 Å². The number of nitrogens with zero attached hydrogens (tertiary/aromatic N) is 1. The molecule has 2 nitrogen and oxygen atoms in total. The highest BCUT2D eigenvalue weighted by Crippen LogP contribution is 2.32. The number of rotatable bonds is 8. The Morgan fingerprint density at radius 3 is 2.65 bits per heavy atom. The minimum atomic E-state index is 0.611. The maximum Gasteiger partial charge on any atom is 0.0682 e. The van der Waals surface area contributed by atoms with E-state index in [1.165, 1.54) is 11.1 Å². The molecule has 0 aliphatic rings. The van der Waals surface area contributed by atoms with Crippen molar-refractivity contribution in [1.29, 1.82) is 0 Å². The van der Waals surface area contributed by atoms with Crippen LogP contribution in [0.3, 0.4) is 0 Å². The summed E-state index contributed by atoms with van der Waals surface area (Å²) in [5.74, 6) is 0.611. The van der Waals surface area contributed by atoms with Crippen molar-refractivity contribution in [2.75, 3.05) is 7.05 Å². The fourth-order valence-electron chi connectivity index (χ4n) is 2.57. The summed E-state index contributed by atoms with van der Waals surface area (Å²) in [6.07, 6.45) is 13.2. The van der Waals surface area contributed by atoms with Crippen LogP contribution in [-0.2, 0) is 0 Å². The second kappa shape index (κ2) is 10.3. The van der Waals surface area contributed by atoms with Gasteiger partial charge in [0, 0.05) is 30.7 Å². The van der Waals surface area contributed by atoms with Crippen LogP contribution in [0.25, 0.3) is 5.70 Å². The Hall–Kier alpha value is -1.54. The van der Waals surface area contributed by atoms with Crippen LogP contribution in [0.15, 0.2) is 47.8 Å². The number of hydrogen-bond acceptors (Lipinski definition) is 2. The van der Waals surface area contributed by atoms with Gasteiger partial charge in [0.05, 0.1) is 5.02 Å². The van der Waals surface area contributed by atoms with Crippen molar-refractivity contribution in [2.24, 2.45) is 5.92 Å². The first-order valence-corrected chi connectivity index (χ1v) is 8.80. The molecule has 0 radical (unpaired) electrons. The van der Waals surface area contributed by atoms with Crippen LogP contribution in [-0.4, -0.2) is 12.0 Å². The van der Waals surface area contributed by atoms with Crippen molar-refractivity contribution in [2.45, 2.75) is 47.0 Å². The monoisotopic (exact) mass is 332 g/mol. The van der Waals surface area contributed by atoms with Gasteiger partial charge in [-0.1, -0.05) is 57.0 Å².